The van der Waals surface area contributed by atoms with Gasteiger partial charge in [0.2, 0.25) is 0 Å². The fourth-order valence-electron chi connectivity index (χ4n) is 3.08. The first-order chi connectivity index (χ1) is 14.8. The first-order valence-electron chi connectivity index (χ1n) is 9.22. The number of aryl methyl sites for hydroxylation is 2. The summed E-state index contributed by atoms with van der Waals surface area (Å²) in [5.74, 6) is -1.29. The third kappa shape index (κ3) is 4.69. The largest absolute Gasteiger partial charge is 0.433 e. The standard InChI is InChI=1S/C21H16F3N5OS/c22-21(23,24)16-7-9-27-19(29-16)17(18(25)30)20-28-14-6-5-12(10-15(14)31-20)3-4-13-2-1-8-26-11-13/h1-2,5-11,28H,3-4H2,(H2,25,30)/b20-17-. The van der Waals surface area contributed by atoms with Gasteiger partial charge in [0.05, 0.1) is 10.7 Å². The number of hydrogen-bond donors (Lipinski definition) is 2. The van der Waals surface area contributed by atoms with E-state index in [-0.39, 0.29) is 11.4 Å². The fourth-order valence-corrected chi connectivity index (χ4v) is 4.19. The molecule has 0 unspecified atom stereocenters. The molecule has 4 rings (SSSR count). The molecule has 0 saturated carbocycles. The van der Waals surface area contributed by atoms with Gasteiger partial charge in [-0.2, -0.15) is 13.2 Å². The molecule has 0 atom stereocenters. The SMILES string of the molecule is NC(=O)/C(=C1\Nc2ccc(CCc3cccnc3)cc2S1)c1nccc(C(F)(F)F)n1. The molecule has 3 aromatic rings. The van der Waals surface area contributed by atoms with Gasteiger partial charge in [0.25, 0.3) is 5.91 Å². The molecular formula is C21H16F3N5OS. The number of benzene rings is 1. The summed E-state index contributed by atoms with van der Waals surface area (Å²) in [6.45, 7) is 0. The Hall–Kier alpha value is -3.40. The minimum absolute atomic E-state index is 0.191. The van der Waals surface area contributed by atoms with E-state index in [0.29, 0.717) is 5.03 Å². The Morgan fingerprint density at radius 1 is 1.10 bits per heavy atom. The molecule has 158 valence electrons. The van der Waals surface area contributed by atoms with Crippen LogP contribution in [0, 0.1) is 0 Å². The lowest BCUT2D eigenvalue weighted by Crippen LogP contribution is -2.19. The second kappa shape index (κ2) is 8.38. The summed E-state index contributed by atoms with van der Waals surface area (Å²) in [5, 5.41) is 3.34. The van der Waals surface area contributed by atoms with Crippen molar-refractivity contribution in [3.63, 3.8) is 0 Å². The number of fused-ring (bicyclic) bond motifs is 1. The summed E-state index contributed by atoms with van der Waals surface area (Å²) < 4.78 is 39.1. The van der Waals surface area contributed by atoms with Gasteiger partial charge in [0.1, 0.15) is 11.3 Å². The predicted octanol–water partition coefficient (Wildman–Crippen LogP) is 4.05. The zero-order valence-corrected chi connectivity index (χ0v) is 16.8. The van der Waals surface area contributed by atoms with Gasteiger partial charge in [-0.05, 0) is 48.2 Å². The molecule has 0 aliphatic carbocycles. The summed E-state index contributed by atoms with van der Waals surface area (Å²) in [4.78, 5) is 24.3. The molecular weight excluding hydrogens is 427 g/mol. The van der Waals surface area contributed by atoms with Crippen molar-refractivity contribution in [1.29, 1.82) is 0 Å². The number of alkyl halides is 3. The zero-order valence-electron chi connectivity index (χ0n) is 16.0. The Kier molecular flexibility index (Phi) is 5.64. The van der Waals surface area contributed by atoms with Crippen LogP contribution in [0.25, 0.3) is 5.57 Å². The van der Waals surface area contributed by atoms with E-state index in [1.54, 1.807) is 6.20 Å². The van der Waals surface area contributed by atoms with Gasteiger partial charge in [0.15, 0.2) is 5.82 Å². The van der Waals surface area contributed by atoms with E-state index in [4.69, 9.17) is 5.73 Å². The molecule has 1 aromatic carbocycles. The van der Waals surface area contributed by atoms with Crippen molar-refractivity contribution in [3.8, 4) is 0 Å². The zero-order chi connectivity index (χ0) is 22.0. The van der Waals surface area contributed by atoms with Crippen LogP contribution in [0.4, 0.5) is 18.9 Å². The summed E-state index contributed by atoms with van der Waals surface area (Å²) in [6.07, 6.45) is 1.44. The number of nitrogens with two attached hydrogens (primary N) is 1. The lowest BCUT2D eigenvalue weighted by atomic mass is 10.1. The average molecular weight is 443 g/mol. The minimum atomic E-state index is -4.66. The van der Waals surface area contributed by atoms with Gasteiger partial charge >= 0.3 is 6.18 Å². The highest BCUT2D eigenvalue weighted by molar-refractivity contribution is 8.04. The summed E-state index contributed by atoms with van der Waals surface area (Å²) in [7, 11) is 0. The Balaban J connectivity index is 1.60. The number of amides is 1. The van der Waals surface area contributed by atoms with E-state index < -0.39 is 17.8 Å². The quantitative estimate of drug-likeness (QED) is 0.578. The summed E-state index contributed by atoms with van der Waals surface area (Å²) >= 11 is 1.21. The van der Waals surface area contributed by atoms with Gasteiger partial charge in [0, 0.05) is 23.5 Å². The first-order valence-corrected chi connectivity index (χ1v) is 10.0. The van der Waals surface area contributed by atoms with Gasteiger partial charge < -0.3 is 11.1 Å². The van der Waals surface area contributed by atoms with E-state index in [2.05, 4.69) is 20.3 Å². The molecule has 0 saturated heterocycles. The maximum absolute atomic E-state index is 13.0. The number of nitrogens with one attached hydrogen (secondary N) is 1. The van der Waals surface area contributed by atoms with Crippen LogP contribution in [0.2, 0.25) is 0 Å². The van der Waals surface area contributed by atoms with Crippen molar-refractivity contribution in [3.05, 3.63) is 82.7 Å². The van der Waals surface area contributed by atoms with E-state index in [1.807, 2.05) is 36.5 Å². The van der Waals surface area contributed by atoms with Crippen molar-refractivity contribution in [2.24, 2.45) is 5.73 Å². The van der Waals surface area contributed by atoms with Gasteiger partial charge in [-0.25, -0.2) is 9.97 Å². The number of carbonyl (C=O) groups is 1. The number of thioether (sulfide) groups is 1. The maximum Gasteiger partial charge on any atom is 0.433 e. The van der Waals surface area contributed by atoms with Crippen molar-refractivity contribution >= 4 is 28.9 Å². The van der Waals surface area contributed by atoms with Gasteiger partial charge in [-0.1, -0.05) is 23.9 Å². The van der Waals surface area contributed by atoms with Crippen molar-refractivity contribution in [2.75, 3.05) is 5.32 Å². The number of anilines is 1. The number of aromatic nitrogens is 3. The molecule has 0 bridgehead atoms. The molecule has 2 aromatic heterocycles. The van der Waals surface area contributed by atoms with Crippen LogP contribution in [-0.2, 0) is 23.8 Å². The Labute approximate surface area is 179 Å². The normalized spacial score (nSPS) is 14.7. The van der Waals surface area contributed by atoms with E-state index >= 15 is 0 Å². The topological polar surface area (TPSA) is 93.8 Å². The van der Waals surface area contributed by atoms with Crippen LogP contribution < -0.4 is 11.1 Å². The summed E-state index contributed by atoms with van der Waals surface area (Å²) in [5.41, 5.74) is 7.06. The van der Waals surface area contributed by atoms with Crippen LogP contribution in [-0.4, -0.2) is 20.9 Å². The predicted molar refractivity (Wildman–Crippen MR) is 111 cm³/mol. The Morgan fingerprint density at radius 2 is 1.90 bits per heavy atom. The van der Waals surface area contributed by atoms with Crippen molar-refractivity contribution < 1.29 is 18.0 Å². The summed E-state index contributed by atoms with van der Waals surface area (Å²) in [6, 6.07) is 10.4. The van der Waals surface area contributed by atoms with Crippen LogP contribution in [0.3, 0.4) is 0 Å². The van der Waals surface area contributed by atoms with Crippen molar-refractivity contribution in [2.45, 2.75) is 23.9 Å². The highest BCUT2D eigenvalue weighted by atomic mass is 32.2. The lowest BCUT2D eigenvalue weighted by Gasteiger charge is -2.09. The second-order valence-corrected chi connectivity index (χ2v) is 7.80. The third-order valence-electron chi connectivity index (χ3n) is 4.57. The smallest absolute Gasteiger partial charge is 0.365 e. The number of carbonyl (C=O) groups excluding carboxylic acids is 1. The molecule has 31 heavy (non-hydrogen) atoms. The highest BCUT2D eigenvalue weighted by Gasteiger charge is 2.34. The Bertz CT molecular complexity index is 1170. The first kappa shape index (κ1) is 20.9. The number of halogens is 3. The van der Waals surface area contributed by atoms with Crippen molar-refractivity contribution in [1.82, 2.24) is 15.0 Å². The second-order valence-electron chi connectivity index (χ2n) is 6.75. The molecule has 0 radical (unpaired) electrons. The molecule has 0 spiro atoms. The van der Waals surface area contributed by atoms with E-state index in [9.17, 15) is 18.0 Å². The average Bonchev–Trinajstić information content (AvgIpc) is 3.15. The van der Waals surface area contributed by atoms with E-state index in [0.717, 1.165) is 46.8 Å². The molecule has 0 fully saturated rings. The molecule has 3 N–H and O–H groups in total. The number of nitrogens with zero attached hydrogens (tertiary/aromatic N) is 3. The fraction of sp³-hybridized carbons (Fsp3) is 0.143. The highest BCUT2D eigenvalue weighted by Crippen LogP contribution is 2.44. The minimum Gasteiger partial charge on any atom is -0.365 e. The number of pyridine rings is 1. The van der Waals surface area contributed by atoms with Gasteiger partial charge in [-0.15, -0.1) is 0 Å². The molecule has 1 aliphatic rings. The molecule has 10 heteroatoms. The molecule has 3 heterocycles. The van der Waals surface area contributed by atoms with Gasteiger partial charge in [-0.3, -0.25) is 9.78 Å². The van der Waals surface area contributed by atoms with Crippen LogP contribution in [0.1, 0.15) is 22.6 Å². The van der Waals surface area contributed by atoms with Crippen LogP contribution in [0.15, 0.2) is 64.9 Å². The molecule has 1 aliphatic heterocycles. The Morgan fingerprint density at radius 3 is 2.61 bits per heavy atom. The lowest BCUT2D eigenvalue weighted by molar-refractivity contribution is -0.141. The monoisotopic (exact) mass is 443 g/mol. The van der Waals surface area contributed by atoms with Crippen LogP contribution >= 0.6 is 11.8 Å². The number of hydrogen-bond acceptors (Lipinski definition) is 6. The molecule has 1 amide bonds. The maximum atomic E-state index is 13.0. The number of rotatable bonds is 5. The molecule has 6 nitrogen and oxygen atoms in total. The number of primary amides is 1. The van der Waals surface area contributed by atoms with Crippen LogP contribution in [0.5, 0.6) is 0 Å². The van der Waals surface area contributed by atoms with E-state index in [1.165, 1.54) is 11.8 Å². The third-order valence-corrected chi connectivity index (χ3v) is 5.64.